The molecule has 0 unspecified atom stereocenters. The van der Waals surface area contributed by atoms with Gasteiger partial charge in [-0.3, -0.25) is 9.59 Å². The highest BCUT2D eigenvalue weighted by Gasteiger charge is 2.26. The Kier molecular flexibility index (Phi) is 5.36. The Hall–Kier alpha value is -2.62. The van der Waals surface area contributed by atoms with Crippen molar-refractivity contribution in [2.75, 3.05) is 26.2 Å². The molecule has 3 rings (SSSR count). The summed E-state index contributed by atoms with van der Waals surface area (Å²) in [7, 11) is 0. The molecule has 27 heavy (non-hydrogen) atoms. The van der Waals surface area contributed by atoms with Gasteiger partial charge in [-0.25, -0.2) is 0 Å². The zero-order valence-electron chi connectivity index (χ0n) is 16.7. The molecule has 0 bridgehead atoms. The fourth-order valence-corrected chi connectivity index (χ4v) is 3.39. The molecule has 1 aliphatic heterocycles. The Labute approximate surface area is 161 Å². The minimum Gasteiger partial charge on any atom is -0.335 e. The van der Waals surface area contributed by atoms with Crippen molar-refractivity contribution in [3.63, 3.8) is 0 Å². The quantitative estimate of drug-likeness (QED) is 0.811. The number of hydrogen-bond acceptors (Lipinski definition) is 2. The van der Waals surface area contributed by atoms with Gasteiger partial charge in [-0.2, -0.15) is 0 Å². The fourth-order valence-electron chi connectivity index (χ4n) is 3.39. The van der Waals surface area contributed by atoms with Crippen LogP contribution in [0.1, 0.15) is 52.6 Å². The number of benzene rings is 2. The zero-order chi connectivity index (χ0) is 19.6. The number of rotatable bonds is 2. The Balaban J connectivity index is 1.63. The van der Waals surface area contributed by atoms with Gasteiger partial charge in [0.15, 0.2) is 0 Å². The summed E-state index contributed by atoms with van der Waals surface area (Å²) in [4.78, 5) is 29.2. The maximum absolute atomic E-state index is 12.8. The van der Waals surface area contributed by atoms with Crippen LogP contribution in [0.3, 0.4) is 0 Å². The molecule has 0 N–H and O–H groups in total. The summed E-state index contributed by atoms with van der Waals surface area (Å²) in [6, 6.07) is 15.5. The van der Waals surface area contributed by atoms with Crippen molar-refractivity contribution in [3.8, 4) is 0 Å². The van der Waals surface area contributed by atoms with Crippen LogP contribution in [-0.4, -0.2) is 47.8 Å². The first kappa shape index (κ1) is 19.2. The summed E-state index contributed by atoms with van der Waals surface area (Å²) in [5, 5.41) is 0. The van der Waals surface area contributed by atoms with Crippen molar-refractivity contribution in [3.05, 3.63) is 70.8 Å². The van der Waals surface area contributed by atoms with Crippen LogP contribution in [0.2, 0.25) is 0 Å². The molecular weight excluding hydrogens is 336 g/mol. The van der Waals surface area contributed by atoms with Gasteiger partial charge in [0.05, 0.1) is 0 Å². The van der Waals surface area contributed by atoms with E-state index in [1.165, 1.54) is 5.56 Å². The SMILES string of the molecule is Cc1ccccc1C(=O)N1CCN(C(=O)c2ccc(C(C)(C)C)cc2)CC1. The van der Waals surface area contributed by atoms with E-state index in [4.69, 9.17) is 0 Å². The van der Waals surface area contributed by atoms with E-state index in [0.717, 1.165) is 11.1 Å². The molecule has 0 aromatic heterocycles. The maximum atomic E-state index is 12.8. The molecule has 2 aromatic rings. The first-order chi connectivity index (χ1) is 12.8. The number of piperazine rings is 1. The molecule has 0 radical (unpaired) electrons. The fraction of sp³-hybridized carbons (Fsp3) is 0.391. The second kappa shape index (κ2) is 7.55. The number of amides is 2. The van der Waals surface area contributed by atoms with Gasteiger partial charge in [0.2, 0.25) is 0 Å². The molecular formula is C23H28N2O2. The van der Waals surface area contributed by atoms with E-state index in [-0.39, 0.29) is 17.2 Å². The molecule has 0 spiro atoms. The van der Waals surface area contributed by atoms with Gasteiger partial charge in [-0.1, -0.05) is 51.1 Å². The van der Waals surface area contributed by atoms with Crippen molar-refractivity contribution in [2.45, 2.75) is 33.1 Å². The lowest BCUT2D eigenvalue weighted by molar-refractivity contribution is 0.0535. The third kappa shape index (κ3) is 4.21. The van der Waals surface area contributed by atoms with E-state index >= 15 is 0 Å². The molecule has 0 atom stereocenters. The minimum atomic E-state index is 0.0402. The normalized spacial score (nSPS) is 15.0. The minimum absolute atomic E-state index is 0.0402. The average Bonchev–Trinajstić information content (AvgIpc) is 2.67. The van der Waals surface area contributed by atoms with E-state index < -0.39 is 0 Å². The highest BCUT2D eigenvalue weighted by atomic mass is 16.2. The van der Waals surface area contributed by atoms with E-state index in [1.807, 2.05) is 65.3 Å². The van der Waals surface area contributed by atoms with Gasteiger partial charge < -0.3 is 9.80 Å². The average molecular weight is 364 g/mol. The lowest BCUT2D eigenvalue weighted by Gasteiger charge is -2.35. The van der Waals surface area contributed by atoms with Gasteiger partial charge in [0.25, 0.3) is 11.8 Å². The molecule has 0 saturated carbocycles. The van der Waals surface area contributed by atoms with Crippen LogP contribution >= 0.6 is 0 Å². The smallest absolute Gasteiger partial charge is 0.254 e. The lowest BCUT2D eigenvalue weighted by atomic mass is 9.86. The van der Waals surface area contributed by atoms with Crippen molar-refractivity contribution >= 4 is 11.8 Å². The number of carbonyl (C=O) groups excluding carboxylic acids is 2. The van der Waals surface area contributed by atoms with Gasteiger partial charge in [-0.15, -0.1) is 0 Å². The van der Waals surface area contributed by atoms with Gasteiger partial charge >= 0.3 is 0 Å². The predicted octanol–water partition coefficient (Wildman–Crippen LogP) is 3.89. The summed E-state index contributed by atoms with van der Waals surface area (Å²) in [6.07, 6.45) is 0. The number of hydrogen-bond donors (Lipinski definition) is 0. The second-order valence-corrected chi connectivity index (χ2v) is 8.23. The highest BCUT2D eigenvalue weighted by Crippen LogP contribution is 2.23. The Morgan fingerprint density at radius 1 is 0.778 bits per heavy atom. The van der Waals surface area contributed by atoms with Crippen molar-refractivity contribution in [2.24, 2.45) is 0 Å². The Bertz CT molecular complexity index is 826. The van der Waals surface area contributed by atoms with Crippen LogP contribution in [0.25, 0.3) is 0 Å². The van der Waals surface area contributed by atoms with Crippen LogP contribution in [0.15, 0.2) is 48.5 Å². The summed E-state index contributed by atoms with van der Waals surface area (Å²) >= 11 is 0. The molecule has 4 heteroatoms. The van der Waals surface area contributed by atoms with Crippen LogP contribution in [-0.2, 0) is 5.41 Å². The molecule has 1 fully saturated rings. The molecule has 1 heterocycles. The zero-order valence-corrected chi connectivity index (χ0v) is 16.7. The summed E-state index contributed by atoms with van der Waals surface area (Å²) in [5.41, 5.74) is 3.73. The van der Waals surface area contributed by atoms with Gasteiger partial charge in [0.1, 0.15) is 0 Å². The van der Waals surface area contributed by atoms with Crippen molar-refractivity contribution < 1.29 is 9.59 Å². The van der Waals surface area contributed by atoms with Crippen LogP contribution in [0.5, 0.6) is 0 Å². The monoisotopic (exact) mass is 364 g/mol. The van der Waals surface area contributed by atoms with Gasteiger partial charge in [-0.05, 0) is 41.7 Å². The van der Waals surface area contributed by atoms with E-state index in [1.54, 1.807) is 0 Å². The van der Waals surface area contributed by atoms with Crippen LogP contribution in [0, 0.1) is 6.92 Å². The lowest BCUT2D eigenvalue weighted by Crippen LogP contribution is -2.50. The maximum Gasteiger partial charge on any atom is 0.254 e. The summed E-state index contributed by atoms with van der Waals surface area (Å²) < 4.78 is 0. The molecule has 2 aromatic carbocycles. The Morgan fingerprint density at radius 2 is 1.30 bits per heavy atom. The van der Waals surface area contributed by atoms with Crippen molar-refractivity contribution in [1.82, 2.24) is 9.80 Å². The molecule has 1 saturated heterocycles. The molecule has 2 amide bonds. The number of aryl methyl sites for hydroxylation is 1. The third-order valence-electron chi connectivity index (χ3n) is 5.23. The predicted molar refractivity (Wildman–Crippen MR) is 108 cm³/mol. The third-order valence-corrected chi connectivity index (χ3v) is 5.23. The Morgan fingerprint density at radius 3 is 1.81 bits per heavy atom. The molecule has 0 aliphatic carbocycles. The van der Waals surface area contributed by atoms with E-state index in [2.05, 4.69) is 20.8 Å². The standard InChI is InChI=1S/C23H28N2O2/c1-17-7-5-6-8-20(17)22(27)25-15-13-24(14-16-25)21(26)18-9-11-19(12-10-18)23(2,3)4/h5-12H,13-16H2,1-4H3. The first-order valence-electron chi connectivity index (χ1n) is 9.52. The topological polar surface area (TPSA) is 40.6 Å². The second-order valence-electron chi connectivity index (χ2n) is 8.23. The van der Waals surface area contributed by atoms with E-state index in [0.29, 0.717) is 31.7 Å². The van der Waals surface area contributed by atoms with Crippen LogP contribution in [0.4, 0.5) is 0 Å². The molecule has 1 aliphatic rings. The summed E-state index contributed by atoms with van der Waals surface area (Å²) in [6.45, 7) is 10.7. The largest absolute Gasteiger partial charge is 0.335 e. The molecule has 142 valence electrons. The number of carbonyl (C=O) groups is 2. The van der Waals surface area contributed by atoms with Gasteiger partial charge in [0, 0.05) is 37.3 Å². The molecule has 4 nitrogen and oxygen atoms in total. The number of nitrogens with zero attached hydrogens (tertiary/aromatic N) is 2. The summed E-state index contributed by atoms with van der Waals surface area (Å²) in [5.74, 6) is 0.0909. The van der Waals surface area contributed by atoms with Crippen molar-refractivity contribution in [1.29, 1.82) is 0 Å². The highest BCUT2D eigenvalue weighted by molar-refractivity contribution is 5.96. The van der Waals surface area contributed by atoms with E-state index in [9.17, 15) is 9.59 Å². The van der Waals surface area contributed by atoms with Crippen LogP contribution < -0.4 is 0 Å². The first-order valence-corrected chi connectivity index (χ1v) is 9.52.